The molecule has 1 aliphatic heterocycles. The van der Waals surface area contributed by atoms with E-state index in [0.717, 1.165) is 12.8 Å². The maximum Gasteiger partial charge on any atom is 0.410 e. The average molecular weight is 322 g/mol. The van der Waals surface area contributed by atoms with Crippen molar-refractivity contribution in [1.82, 2.24) is 4.90 Å². The highest BCUT2D eigenvalue weighted by molar-refractivity contribution is 5.99. The predicted molar refractivity (Wildman–Crippen MR) is 86.2 cm³/mol. The van der Waals surface area contributed by atoms with E-state index >= 15 is 0 Å². The zero-order chi connectivity index (χ0) is 17.0. The van der Waals surface area contributed by atoms with Crippen LogP contribution in [0.5, 0.6) is 0 Å². The molecule has 1 amide bonds. The van der Waals surface area contributed by atoms with E-state index in [1.54, 1.807) is 17.0 Å². The van der Waals surface area contributed by atoms with Crippen LogP contribution in [-0.4, -0.2) is 42.0 Å². The zero-order valence-electron chi connectivity index (χ0n) is 13.8. The molecule has 0 saturated carbocycles. The first-order chi connectivity index (χ1) is 10.9. The predicted octanol–water partition coefficient (Wildman–Crippen LogP) is 3.45. The Morgan fingerprint density at radius 2 is 1.96 bits per heavy atom. The fourth-order valence-electron chi connectivity index (χ4n) is 2.70. The Labute approximate surface area is 135 Å². The van der Waals surface area contributed by atoms with Crippen LogP contribution in [0.25, 0.3) is 0 Å². The quantitative estimate of drug-likeness (QED) is 0.863. The van der Waals surface area contributed by atoms with E-state index in [1.807, 2.05) is 13.8 Å². The topological polar surface area (TPSA) is 58.6 Å². The van der Waals surface area contributed by atoms with Gasteiger partial charge in [-0.3, -0.25) is 4.79 Å². The van der Waals surface area contributed by atoms with Gasteiger partial charge < -0.3 is 15.0 Å². The van der Waals surface area contributed by atoms with Crippen molar-refractivity contribution in [3.8, 4) is 0 Å². The molecule has 1 aromatic rings. The second-order valence-electron chi connectivity index (χ2n) is 6.06. The van der Waals surface area contributed by atoms with E-state index in [2.05, 4.69) is 5.32 Å². The number of carbonyl (C=O) groups excluding carboxylic acids is 2. The molecule has 0 aliphatic carbocycles. The van der Waals surface area contributed by atoms with Gasteiger partial charge in [-0.05, 0) is 45.7 Å². The molecule has 0 spiro atoms. The molecular formula is C17H23FN2O3. The van der Waals surface area contributed by atoms with Gasteiger partial charge in [0.25, 0.3) is 0 Å². The maximum atomic E-state index is 13.8. The Morgan fingerprint density at radius 1 is 1.30 bits per heavy atom. The van der Waals surface area contributed by atoms with E-state index in [4.69, 9.17) is 4.74 Å². The van der Waals surface area contributed by atoms with Gasteiger partial charge >= 0.3 is 6.09 Å². The molecule has 5 nitrogen and oxygen atoms in total. The van der Waals surface area contributed by atoms with Crippen molar-refractivity contribution in [2.45, 2.75) is 45.8 Å². The molecular weight excluding hydrogens is 299 g/mol. The minimum atomic E-state index is -0.513. The van der Waals surface area contributed by atoms with Crippen molar-refractivity contribution in [3.63, 3.8) is 0 Å². The summed E-state index contributed by atoms with van der Waals surface area (Å²) in [5.41, 5.74) is 0.606. The molecule has 1 saturated heterocycles. The minimum Gasteiger partial charge on any atom is -0.447 e. The third kappa shape index (κ3) is 4.43. The summed E-state index contributed by atoms with van der Waals surface area (Å²) >= 11 is 0. The number of Topliss-reactive ketones (excluding diaryl/α,β-unsaturated/α-hetero) is 1. The largest absolute Gasteiger partial charge is 0.447 e. The van der Waals surface area contributed by atoms with Gasteiger partial charge in [0.15, 0.2) is 5.78 Å². The van der Waals surface area contributed by atoms with Crippen LogP contribution in [0.3, 0.4) is 0 Å². The van der Waals surface area contributed by atoms with Gasteiger partial charge in [-0.15, -0.1) is 0 Å². The van der Waals surface area contributed by atoms with Crippen LogP contribution in [0.2, 0.25) is 0 Å². The van der Waals surface area contributed by atoms with Gasteiger partial charge in [0.1, 0.15) is 5.82 Å². The van der Waals surface area contributed by atoms with Crippen LogP contribution in [0.15, 0.2) is 18.2 Å². The van der Waals surface area contributed by atoms with Gasteiger partial charge in [-0.25, -0.2) is 9.18 Å². The Morgan fingerprint density at radius 3 is 2.52 bits per heavy atom. The molecule has 1 N–H and O–H groups in total. The summed E-state index contributed by atoms with van der Waals surface area (Å²) in [7, 11) is 0. The minimum absolute atomic E-state index is 0.0918. The summed E-state index contributed by atoms with van der Waals surface area (Å²) in [5, 5.41) is 3.23. The molecule has 1 aliphatic rings. The Bertz CT molecular complexity index is 581. The van der Waals surface area contributed by atoms with Gasteiger partial charge in [0, 0.05) is 24.8 Å². The summed E-state index contributed by atoms with van der Waals surface area (Å²) in [4.78, 5) is 25.2. The molecule has 0 bridgehead atoms. The lowest BCUT2D eigenvalue weighted by Crippen LogP contribution is -2.43. The van der Waals surface area contributed by atoms with Crippen LogP contribution in [-0.2, 0) is 4.74 Å². The lowest BCUT2D eigenvalue weighted by Gasteiger charge is -2.33. The number of ether oxygens (including phenoxy) is 1. The summed E-state index contributed by atoms with van der Waals surface area (Å²) in [6.07, 6.45) is 1.01. The van der Waals surface area contributed by atoms with Crippen molar-refractivity contribution < 1.29 is 18.7 Å². The van der Waals surface area contributed by atoms with E-state index in [-0.39, 0.29) is 29.6 Å². The van der Waals surface area contributed by atoms with E-state index in [1.165, 1.54) is 13.0 Å². The third-order valence-corrected chi connectivity index (χ3v) is 3.81. The van der Waals surface area contributed by atoms with Crippen LogP contribution in [0.4, 0.5) is 14.9 Å². The first kappa shape index (κ1) is 17.2. The number of ketones is 1. The molecule has 0 atom stereocenters. The number of benzene rings is 1. The van der Waals surface area contributed by atoms with Crippen molar-refractivity contribution in [1.29, 1.82) is 0 Å². The number of nitrogens with one attached hydrogen (secondary N) is 1. The maximum absolute atomic E-state index is 13.8. The van der Waals surface area contributed by atoms with Gasteiger partial charge in [0.2, 0.25) is 0 Å². The Hall–Kier alpha value is -2.11. The molecule has 0 aromatic heterocycles. The fraction of sp³-hybridized carbons (Fsp3) is 0.529. The third-order valence-electron chi connectivity index (χ3n) is 3.81. The van der Waals surface area contributed by atoms with E-state index in [0.29, 0.717) is 18.8 Å². The number of nitrogens with zero attached hydrogens (tertiary/aromatic N) is 1. The second-order valence-corrected chi connectivity index (χ2v) is 6.06. The highest BCUT2D eigenvalue weighted by atomic mass is 19.1. The van der Waals surface area contributed by atoms with Gasteiger partial charge in [-0.1, -0.05) is 6.07 Å². The number of carbonyl (C=O) groups is 2. The number of piperidine rings is 1. The van der Waals surface area contributed by atoms with Gasteiger partial charge in [0.05, 0.1) is 11.7 Å². The molecule has 1 heterocycles. The molecule has 1 fully saturated rings. The number of anilines is 1. The summed E-state index contributed by atoms with van der Waals surface area (Å²) in [6.45, 7) is 6.15. The number of halogens is 1. The van der Waals surface area contributed by atoms with E-state index < -0.39 is 5.82 Å². The molecule has 6 heteroatoms. The highest BCUT2D eigenvalue weighted by Crippen LogP contribution is 2.23. The zero-order valence-corrected chi connectivity index (χ0v) is 13.8. The number of hydrogen-bond acceptors (Lipinski definition) is 4. The van der Waals surface area contributed by atoms with Gasteiger partial charge in [-0.2, -0.15) is 0 Å². The monoisotopic (exact) mass is 322 g/mol. The lowest BCUT2D eigenvalue weighted by atomic mass is 10.0. The molecule has 0 unspecified atom stereocenters. The van der Waals surface area contributed by atoms with E-state index in [9.17, 15) is 14.0 Å². The summed E-state index contributed by atoms with van der Waals surface area (Å²) < 4.78 is 19.0. The molecule has 0 radical (unpaired) electrons. The lowest BCUT2D eigenvalue weighted by molar-refractivity contribution is 0.0701. The standard InChI is InChI=1S/C17H23FN2O3/c1-11(2)23-17(22)20-9-7-13(8-10-20)19-15-6-4-5-14(18)16(15)12(3)21/h4-6,11,13,19H,7-10H2,1-3H3. The number of hydrogen-bond donors (Lipinski definition) is 1. The number of likely N-dealkylation sites (tertiary alicyclic amines) is 1. The van der Waals surface area contributed by atoms with Crippen molar-refractivity contribution in [3.05, 3.63) is 29.6 Å². The SMILES string of the molecule is CC(=O)c1c(F)cccc1NC1CCN(C(=O)OC(C)C)CC1. The molecule has 1 aromatic carbocycles. The van der Waals surface area contributed by atoms with Crippen LogP contribution < -0.4 is 5.32 Å². The second kappa shape index (κ2) is 7.44. The summed E-state index contributed by atoms with van der Waals surface area (Å²) in [6, 6.07) is 4.67. The molecule has 2 rings (SSSR count). The average Bonchev–Trinajstić information content (AvgIpc) is 2.47. The smallest absolute Gasteiger partial charge is 0.410 e. The van der Waals surface area contributed by atoms with Crippen molar-refractivity contribution in [2.75, 3.05) is 18.4 Å². The van der Waals surface area contributed by atoms with Crippen LogP contribution in [0, 0.1) is 5.82 Å². The first-order valence-electron chi connectivity index (χ1n) is 7.90. The molecule has 126 valence electrons. The van der Waals surface area contributed by atoms with Crippen LogP contribution >= 0.6 is 0 Å². The Kier molecular flexibility index (Phi) is 5.58. The first-order valence-corrected chi connectivity index (χ1v) is 7.90. The molecule has 23 heavy (non-hydrogen) atoms. The number of amides is 1. The normalized spacial score (nSPS) is 15.6. The van der Waals surface area contributed by atoms with Crippen LogP contribution in [0.1, 0.15) is 44.0 Å². The highest BCUT2D eigenvalue weighted by Gasteiger charge is 2.25. The Balaban J connectivity index is 1.96. The summed E-state index contributed by atoms with van der Waals surface area (Å²) in [5.74, 6) is -0.816. The fourth-order valence-corrected chi connectivity index (χ4v) is 2.70. The number of rotatable bonds is 4. The van der Waals surface area contributed by atoms with Crippen molar-refractivity contribution >= 4 is 17.6 Å². The van der Waals surface area contributed by atoms with Crippen molar-refractivity contribution in [2.24, 2.45) is 0 Å².